The summed E-state index contributed by atoms with van der Waals surface area (Å²) < 4.78 is 1.16. The molecule has 0 radical (unpaired) electrons. The number of hydrogen-bond acceptors (Lipinski definition) is 3. The van der Waals surface area contributed by atoms with Gasteiger partial charge in [0.1, 0.15) is 11.6 Å². The molecule has 1 aromatic rings. The van der Waals surface area contributed by atoms with Crippen molar-refractivity contribution in [3.8, 4) is 0 Å². The summed E-state index contributed by atoms with van der Waals surface area (Å²) in [7, 11) is 0. The molecule has 0 aromatic carbocycles. The van der Waals surface area contributed by atoms with Crippen molar-refractivity contribution in [2.24, 2.45) is 5.92 Å². The zero-order chi connectivity index (χ0) is 11.5. The summed E-state index contributed by atoms with van der Waals surface area (Å²) in [5.41, 5.74) is 1.10. The molecule has 1 aromatic heterocycles. The van der Waals surface area contributed by atoms with Crippen LogP contribution in [0.1, 0.15) is 37.7 Å². The first-order valence-electron chi connectivity index (χ1n) is 5.97. The van der Waals surface area contributed by atoms with Crippen LogP contribution in [0.15, 0.2) is 0 Å². The minimum Gasteiger partial charge on any atom is -0.369 e. The molecular weight excluding hydrogens is 313 g/mol. The second-order valence-electron chi connectivity index (χ2n) is 4.46. The van der Waals surface area contributed by atoms with E-state index in [4.69, 9.17) is 0 Å². The maximum atomic E-state index is 4.62. The Labute approximate surface area is 111 Å². The Morgan fingerprint density at radius 1 is 1.38 bits per heavy atom. The molecular formula is C12H18IN3. The van der Waals surface area contributed by atoms with Gasteiger partial charge < -0.3 is 5.32 Å². The quantitative estimate of drug-likeness (QED) is 0.842. The number of aromatic nitrogens is 2. The van der Waals surface area contributed by atoms with Crippen LogP contribution in [-0.2, 0) is 6.42 Å². The largest absolute Gasteiger partial charge is 0.369 e. The van der Waals surface area contributed by atoms with Gasteiger partial charge in [0.2, 0.25) is 0 Å². The standard InChI is InChI=1S/C12H18IN3/c1-3-6-14-12-11(13)8(2)15-10(16-12)7-9-4-5-9/h9H,3-7H2,1-2H3,(H,14,15,16). The smallest absolute Gasteiger partial charge is 0.143 e. The number of anilines is 1. The summed E-state index contributed by atoms with van der Waals surface area (Å²) in [4.78, 5) is 9.18. The van der Waals surface area contributed by atoms with E-state index in [1.54, 1.807) is 0 Å². The van der Waals surface area contributed by atoms with E-state index in [2.05, 4.69) is 51.7 Å². The van der Waals surface area contributed by atoms with Gasteiger partial charge in [-0.05, 0) is 54.7 Å². The lowest BCUT2D eigenvalue weighted by molar-refractivity contribution is 0.761. The van der Waals surface area contributed by atoms with Gasteiger partial charge in [-0.25, -0.2) is 9.97 Å². The molecule has 0 saturated heterocycles. The highest BCUT2D eigenvalue weighted by molar-refractivity contribution is 14.1. The van der Waals surface area contributed by atoms with E-state index >= 15 is 0 Å². The normalized spacial score (nSPS) is 15.2. The van der Waals surface area contributed by atoms with Crippen LogP contribution in [0, 0.1) is 16.4 Å². The highest BCUT2D eigenvalue weighted by Gasteiger charge is 2.23. The molecule has 3 nitrogen and oxygen atoms in total. The summed E-state index contributed by atoms with van der Waals surface area (Å²) in [6, 6.07) is 0. The molecule has 1 heterocycles. The van der Waals surface area contributed by atoms with E-state index < -0.39 is 0 Å². The topological polar surface area (TPSA) is 37.8 Å². The van der Waals surface area contributed by atoms with Crippen molar-refractivity contribution in [3.05, 3.63) is 15.1 Å². The third-order valence-corrected chi connectivity index (χ3v) is 4.07. The fourth-order valence-corrected chi connectivity index (χ4v) is 2.08. The van der Waals surface area contributed by atoms with Crippen LogP contribution >= 0.6 is 22.6 Å². The van der Waals surface area contributed by atoms with Gasteiger partial charge in [-0.2, -0.15) is 0 Å². The van der Waals surface area contributed by atoms with Crippen molar-refractivity contribution in [2.45, 2.75) is 39.5 Å². The van der Waals surface area contributed by atoms with Crippen LogP contribution in [0.3, 0.4) is 0 Å². The van der Waals surface area contributed by atoms with E-state index in [-0.39, 0.29) is 0 Å². The average molecular weight is 331 g/mol. The molecule has 16 heavy (non-hydrogen) atoms. The number of rotatable bonds is 5. The summed E-state index contributed by atoms with van der Waals surface area (Å²) in [6.45, 7) is 5.21. The van der Waals surface area contributed by atoms with Gasteiger partial charge in [0.25, 0.3) is 0 Å². The van der Waals surface area contributed by atoms with Crippen molar-refractivity contribution in [3.63, 3.8) is 0 Å². The number of nitrogens with zero attached hydrogens (tertiary/aromatic N) is 2. The minimum atomic E-state index is 0.846. The molecule has 0 amide bonds. The highest BCUT2D eigenvalue weighted by Crippen LogP contribution is 2.32. The number of halogens is 1. The molecule has 4 heteroatoms. The zero-order valence-corrected chi connectivity index (χ0v) is 12.0. The van der Waals surface area contributed by atoms with Crippen molar-refractivity contribution in [1.29, 1.82) is 0 Å². The van der Waals surface area contributed by atoms with Crippen LogP contribution in [0.2, 0.25) is 0 Å². The van der Waals surface area contributed by atoms with Crippen LogP contribution in [-0.4, -0.2) is 16.5 Å². The Balaban J connectivity index is 2.16. The van der Waals surface area contributed by atoms with Crippen molar-refractivity contribution >= 4 is 28.4 Å². The summed E-state index contributed by atoms with van der Waals surface area (Å²) in [5.74, 6) is 2.88. The van der Waals surface area contributed by atoms with E-state index in [9.17, 15) is 0 Å². The third-order valence-electron chi connectivity index (χ3n) is 2.77. The van der Waals surface area contributed by atoms with Gasteiger partial charge in [0.05, 0.1) is 9.26 Å². The summed E-state index contributed by atoms with van der Waals surface area (Å²) in [6.07, 6.45) is 4.88. The molecule has 0 aliphatic heterocycles. The van der Waals surface area contributed by atoms with Crippen molar-refractivity contribution in [2.75, 3.05) is 11.9 Å². The monoisotopic (exact) mass is 331 g/mol. The van der Waals surface area contributed by atoms with Crippen LogP contribution in [0.4, 0.5) is 5.82 Å². The van der Waals surface area contributed by atoms with E-state index in [0.29, 0.717) is 0 Å². The molecule has 1 saturated carbocycles. The predicted molar refractivity (Wildman–Crippen MR) is 74.7 cm³/mol. The molecule has 88 valence electrons. The number of nitrogens with one attached hydrogen (secondary N) is 1. The van der Waals surface area contributed by atoms with Crippen LogP contribution in [0.25, 0.3) is 0 Å². The molecule has 0 bridgehead atoms. The lowest BCUT2D eigenvalue weighted by atomic mass is 10.2. The van der Waals surface area contributed by atoms with Gasteiger partial charge >= 0.3 is 0 Å². The van der Waals surface area contributed by atoms with Gasteiger partial charge in [-0.15, -0.1) is 0 Å². The molecule has 1 aliphatic carbocycles. The first-order chi connectivity index (χ1) is 7.70. The van der Waals surface area contributed by atoms with Gasteiger partial charge in [-0.1, -0.05) is 6.92 Å². The Hall–Kier alpha value is -0.390. The average Bonchev–Trinajstić information content (AvgIpc) is 3.05. The molecule has 1 aliphatic rings. The Morgan fingerprint density at radius 3 is 2.75 bits per heavy atom. The van der Waals surface area contributed by atoms with Crippen LogP contribution < -0.4 is 5.32 Å². The molecule has 2 rings (SSSR count). The number of aryl methyl sites for hydroxylation is 1. The fourth-order valence-electron chi connectivity index (χ4n) is 1.65. The van der Waals surface area contributed by atoms with E-state index in [0.717, 1.165) is 46.2 Å². The first-order valence-corrected chi connectivity index (χ1v) is 7.05. The Kier molecular flexibility index (Phi) is 4.00. The number of hydrogen-bond donors (Lipinski definition) is 1. The SMILES string of the molecule is CCCNc1nc(CC2CC2)nc(C)c1I. The molecule has 0 atom stereocenters. The second-order valence-corrected chi connectivity index (χ2v) is 5.54. The Bertz CT molecular complexity index is 375. The molecule has 0 spiro atoms. The second kappa shape index (κ2) is 5.29. The van der Waals surface area contributed by atoms with Gasteiger partial charge in [-0.3, -0.25) is 0 Å². The zero-order valence-electron chi connectivity index (χ0n) is 9.89. The van der Waals surface area contributed by atoms with Crippen molar-refractivity contribution in [1.82, 2.24) is 9.97 Å². The maximum Gasteiger partial charge on any atom is 0.143 e. The predicted octanol–water partition coefficient (Wildman–Crippen LogP) is 3.16. The third kappa shape index (κ3) is 3.06. The van der Waals surface area contributed by atoms with Gasteiger partial charge in [0, 0.05) is 13.0 Å². The highest BCUT2D eigenvalue weighted by atomic mass is 127. The summed E-state index contributed by atoms with van der Waals surface area (Å²) in [5, 5.41) is 3.38. The molecule has 0 unspecified atom stereocenters. The fraction of sp³-hybridized carbons (Fsp3) is 0.667. The van der Waals surface area contributed by atoms with Crippen molar-refractivity contribution < 1.29 is 0 Å². The van der Waals surface area contributed by atoms with E-state index in [1.165, 1.54) is 12.8 Å². The van der Waals surface area contributed by atoms with Crippen LogP contribution in [0.5, 0.6) is 0 Å². The first kappa shape index (κ1) is 12.1. The summed E-state index contributed by atoms with van der Waals surface area (Å²) >= 11 is 2.32. The van der Waals surface area contributed by atoms with Gasteiger partial charge in [0.15, 0.2) is 0 Å². The Morgan fingerprint density at radius 2 is 2.12 bits per heavy atom. The minimum absolute atomic E-state index is 0.846. The van der Waals surface area contributed by atoms with E-state index in [1.807, 2.05) is 0 Å². The maximum absolute atomic E-state index is 4.62. The molecule has 1 N–H and O–H groups in total. The lowest BCUT2D eigenvalue weighted by Gasteiger charge is -2.10. The molecule has 1 fully saturated rings. The lowest BCUT2D eigenvalue weighted by Crippen LogP contribution is -2.09.